The van der Waals surface area contributed by atoms with Crippen LogP contribution in [0.1, 0.15) is 11.1 Å². The van der Waals surface area contributed by atoms with Crippen LogP contribution in [0.25, 0.3) is 5.69 Å². The summed E-state index contributed by atoms with van der Waals surface area (Å²) in [5.74, 6) is 0.878. The van der Waals surface area contributed by atoms with Crippen molar-refractivity contribution in [3.05, 3.63) is 96.3 Å². The van der Waals surface area contributed by atoms with Gasteiger partial charge in [-0.2, -0.15) is 0 Å². The Bertz CT molecular complexity index is 1160. The van der Waals surface area contributed by atoms with E-state index in [0.717, 1.165) is 29.1 Å². The van der Waals surface area contributed by atoms with Crippen LogP contribution in [0.2, 0.25) is 0 Å². The summed E-state index contributed by atoms with van der Waals surface area (Å²) >= 11 is 1.34. The third kappa shape index (κ3) is 5.32. The summed E-state index contributed by atoms with van der Waals surface area (Å²) in [5, 5.41) is 11.8. The zero-order chi connectivity index (χ0) is 21.5. The fraction of sp³-hybridized carbons (Fsp3) is 0.125. The van der Waals surface area contributed by atoms with Gasteiger partial charge in [-0.3, -0.25) is 9.36 Å². The number of hydrogen-bond donors (Lipinski definition) is 1. The first-order chi connectivity index (χ1) is 15.2. The Kier molecular flexibility index (Phi) is 6.64. The van der Waals surface area contributed by atoms with E-state index in [1.165, 1.54) is 17.3 Å². The van der Waals surface area contributed by atoms with Crippen molar-refractivity contribution in [2.45, 2.75) is 11.6 Å². The first-order valence-corrected chi connectivity index (χ1v) is 10.8. The molecule has 0 aliphatic rings. The number of hydrogen-bond acceptors (Lipinski definition) is 5. The third-order valence-electron chi connectivity index (χ3n) is 4.71. The van der Waals surface area contributed by atoms with E-state index in [1.54, 1.807) is 13.4 Å². The highest BCUT2D eigenvalue weighted by Crippen LogP contribution is 2.23. The molecule has 0 unspecified atom stereocenters. The Morgan fingerprint density at radius 2 is 1.84 bits per heavy atom. The molecule has 0 saturated heterocycles. The third-order valence-corrected chi connectivity index (χ3v) is 5.65. The monoisotopic (exact) mass is 430 g/mol. The van der Waals surface area contributed by atoms with Crippen LogP contribution >= 0.6 is 11.8 Å². The molecule has 0 bridgehead atoms. The predicted octanol–water partition coefficient (Wildman–Crippen LogP) is 4.60. The molecule has 7 heteroatoms. The molecule has 1 N–H and O–H groups in total. The van der Waals surface area contributed by atoms with Crippen molar-refractivity contribution in [3.63, 3.8) is 0 Å². The number of nitrogens with zero attached hydrogens (tertiary/aromatic N) is 3. The molecule has 4 aromatic rings. The predicted molar refractivity (Wildman–Crippen MR) is 123 cm³/mol. The molecule has 0 fully saturated rings. The molecule has 4 rings (SSSR count). The van der Waals surface area contributed by atoms with Crippen LogP contribution in [0.15, 0.2) is 90.3 Å². The lowest BCUT2D eigenvalue weighted by molar-refractivity contribution is -0.113. The van der Waals surface area contributed by atoms with Crippen molar-refractivity contribution in [1.29, 1.82) is 0 Å². The molecule has 0 aliphatic heterocycles. The van der Waals surface area contributed by atoms with E-state index in [1.807, 2.05) is 71.3 Å². The number of anilines is 1. The molecule has 0 atom stereocenters. The Balaban J connectivity index is 1.42. The number of thioether (sulfide) groups is 1. The van der Waals surface area contributed by atoms with Crippen LogP contribution in [0, 0.1) is 0 Å². The van der Waals surface area contributed by atoms with E-state index in [4.69, 9.17) is 4.74 Å². The number of benzene rings is 3. The highest BCUT2D eigenvalue weighted by molar-refractivity contribution is 7.99. The van der Waals surface area contributed by atoms with Gasteiger partial charge in [-0.25, -0.2) is 0 Å². The molecule has 6 nitrogen and oxygen atoms in total. The smallest absolute Gasteiger partial charge is 0.234 e. The minimum Gasteiger partial charge on any atom is -0.497 e. The number of para-hydroxylation sites is 1. The van der Waals surface area contributed by atoms with Gasteiger partial charge < -0.3 is 10.1 Å². The highest BCUT2D eigenvalue weighted by Gasteiger charge is 2.12. The lowest BCUT2D eigenvalue weighted by Gasteiger charge is -2.11. The second kappa shape index (κ2) is 9.95. The molecule has 0 aliphatic carbocycles. The minimum atomic E-state index is -0.0919. The van der Waals surface area contributed by atoms with E-state index < -0.39 is 0 Å². The molecule has 3 aromatic carbocycles. The van der Waals surface area contributed by atoms with Crippen LogP contribution in [0.5, 0.6) is 5.75 Å². The van der Waals surface area contributed by atoms with E-state index >= 15 is 0 Å². The molecule has 31 heavy (non-hydrogen) atoms. The Morgan fingerprint density at radius 3 is 2.68 bits per heavy atom. The molecule has 0 saturated carbocycles. The van der Waals surface area contributed by atoms with Gasteiger partial charge in [0.1, 0.15) is 12.1 Å². The lowest BCUT2D eigenvalue weighted by Crippen LogP contribution is -2.16. The zero-order valence-corrected chi connectivity index (χ0v) is 17.9. The average molecular weight is 431 g/mol. The second-order valence-corrected chi connectivity index (χ2v) is 7.78. The Hall–Kier alpha value is -3.58. The van der Waals surface area contributed by atoms with Crippen LogP contribution in [-0.2, 0) is 11.2 Å². The molecule has 156 valence electrons. The van der Waals surface area contributed by atoms with E-state index in [2.05, 4.69) is 27.6 Å². The van der Waals surface area contributed by atoms with Gasteiger partial charge in [-0.15, -0.1) is 10.2 Å². The summed E-state index contributed by atoms with van der Waals surface area (Å²) < 4.78 is 7.12. The van der Waals surface area contributed by atoms with Crippen LogP contribution in [0.3, 0.4) is 0 Å². The molecule has 1 aromatic heterocycles. The van der Waals surface area contributed by atoms with Gasteiger partial charge >= 0.3 is 0 Å². The van der Waals surface area contributed by atoms with Crippen LogP contribution < -0.4 is 10.1 Å². The quantitative estimate of drug-likeness (QED) is 0.414. The maximum atomic E-state index is 12.7. The van der Waals surface area contributed by atoms with E-state index in [0.29, 0.717) is 5.16 Å². The van der Waals surface area contributed by atoms with Crippen molar-refractivity contribution in [2.24, 2.45) is 0 Å². The van der Waals surface area contributed by atoms with Gasteiger partial charge in [0.2, 0.25) is 5.91 Å². The second-order valence-electron chi connectivity index (χ2n) is 6.84. The summed E-state index contributed by atoms with van der Waals surface area (Å²) in [6.45, 7) is 0. The van der Waals surface area contributed by atoms with Gasteiger partial charge in [-0.05, 0) is 35.7 Å². The minimum absolute atomic E-state index is 0.0919. The van der Waals surface area contributed by atoms with Crippen LogP contribution in [-0.4, -0.2) is 33.5 Å². The van der Waals surface area contributed by atoms with Gasteiger partial charge in [-0.1, -0.05) is 66.4 Å². The van der Waals surface area contributed by atoms with Gasteiger partial charge in [0.05, 0.1) is 18.6 Å². The van der Waals surface area contributed by atoms with Gasteiger partial charge in [0.25, 0.3) is 0 Å². The zero-order valence-electron chi connectivity index (χ0n) is 17.1. The standard InChI is InChI=1S/C24H22N4O2S/c1-30-21-12-7-11-20(15-21)28-17-25-27-24(28)31-16-23(29)26-22-13-6-5-10-19(22)14-18-8-3-2-4-9-18/h2-13,15,17H,14,16H2,1H3,(H,26,29). The molecule has 1 heterocycles. The first kappa shape index (κ1) is 20.7. The number of carbonyl (C=O) groups excluding carboxylic acids is 1. The van der Waals surface area contributed by atoms with Crippen LogP contribution in [0.4, 0.5) is 5.69 Å². The maximum Gasteiger partial charge on any atom is 0.234 e. The maximum absolute atomic E-state index is 12.7. The highest BCUT2D eigenvalue weighted by atomic mass is 32.2. The first-order valence-electron chi connectivity index (χ1n) is 9.82. The van der Waals surface area contributed by atoms with Crippen molar-refractivity contribution in [2.75, 3.05) is 18.2 Å². The molecular weight excluding hydrogens is 408 g/mol. The fourth-order valence-electron chi connectivity index (χ4n) is 3.19. The van der Waals surface area contributed by atoms with E-state index in [9.17, 15) is 4.79 Å². The number of nitrogens with one attached hydrogen (secondary N) is 1. The number of methoxy groups -OCH3 is 1. The van der Waals surface area contributed by atoms with Crippen molar-refractivity contribution >= 4 is 23.4 Å². The van der Waals surface area contributed by atoms with E-state index in [-0.39, 0.29) is 11.7 Å². The Morgan fingerprint density at radius 1 is 1.03 bits per heavy atom. The largest absolute Gasteiger partial charge is 0.497 e. The van der Waals surface area contributed by atoms with Crippen molar-refractivity contribution < 1.29 is 9.53 Å². The normalized spacial score (nSPS) is 10.6. The number of ether oxygens (including phenoxy) is 1. The molecular formula is C24H22N4O2S. The van der Waals surface area contributed by atoms with Gasteiger partial charge in [0.15, 0.2) is 5.16 Å². The molecule has 0 radical (unpaired) electrons. The average Bonchev–Trinajstić information content (AvgIpc) is 3.28. The summed E-state index contributed by atoms with van der Waals surface area (Å²) in [4.78, 5) is 12.7. The van der Waals surface area contributed by atoms with Crippen molar-refractivity contribution in [3.8, 4) is 11.4 Å². The topological polar surface area (TPSA) is 69.0 Å². The summed E-state index contributed by atoms with van der Waals surface area (Å²) in [5.41, 5.74) is 3.98. The SMILES string of the molecule is COc1cccc(-n2cnnc2SCC(=O)Nc2ccccc2Cc2ccccc2)c1. The summed E-state index contributed by atoms with van der Waals surface area (Å²) in [6.07, 6.45) is 2.39. The molecule has 1 amide bonds. The molecule has 0 spiro atoms. The lowest BCUT2D eigenvalue weighted by atomic mass is 10.0. The number of carbonyl (C=O) groups is 1. The summed E-state index contributed by atoms with van der Waals surface area (Å²) in [6, 6.07) is 25.7. The van der Waals surface area contributed by atoms with Gasteiger partial charge in [0, 0.05) is 11.8 Å². The number of aromatic nitrogens is 3. The summed E-state index contributed by atoms with van der Waals surface area (Å²) in [7, 11) is 1.63. The number of rotatable bonds is 8. The Labute approximate surface area is 185 Å². The van der Waals surface area contributed by atoms with Crippen molar-refractivity contribution in [1.82, 2.24) is 14.8 Å². The number of amides is 1. The fourth-order valence-corrected chi connectivity index (χ4v) is 3.92.